The normalized spacial score (nSPS) is 12.2. The van der Waals surface area contributed by atoms with Gasteiger partial charge in [0.05, 0.1) is 12.7 Å². The number of pyridine rings is 1. The Labute approximate surface area is 122 Å². The van der Waals surface area contributed by atoms with Crippen molar-refractivity contribution in [3.63, 3.8) is 0 Å². The Morgan fingerprint density at radius 2 is 1.65 bits per heavy atom. The van der Waals surface area contributed by atoms with E-state index in [1.54, 1.807) is 6.20 Å². The van der Waals surface area contributed by atoms with Crippen LogP contribution in [0.4, 0.5) is 5.82 Å². The first kappa shape index (κ1) is 16.5. The minimum atomic E-state index is -0.348. The molecule has 0 fully saturated rings. The Bertz CT molecular complexity index is 482. The van der Waals surface area contributed by atoms with Crippen molar-refractivity contribution in [1.82, 2.24) is 4.98 Å². The third-order valence-corrected chi connectivity index (χ3v) is 3.07. The van der Waals surface area contributed by atoms with Gasteiger partial charge >= 0.3 is 5.97 Å². The fourth-order valence-electron chi connectivity index (χ4n) is 2.68. The highest BCUT2D eigenvalue weighted by Gasteiger charge is 2.32. The number of rotatable bonds is 2. The number of carbonyl (C=O) groups is 1. The topological polar surface area (TPSA) is 42.4 Å². The molecule has 0 aromatic carbocycles. The molecule has 0 amide bonds. The zero-order valence-corrected chi connectivity index (χ0v) is 13.9. The molecule has 1 rings (SSSR count). The van der Waals surface area contributed by atoms with Gasteiger partial charge in [-0.2, -0.15) is 0 Å². The number of aryl methyl sites for hydroxylation is 1. The van der Waals surface area contributed by atoms with Crippen LogP contribution in [0, 0.1) is 6.92 Å². The lowest BCUT2D eigenvalue weighted by Gasteiger charge is -2.46. The van der Waals surface area contributed by atoms with Crippen molar-refractivity contribution in [2.24, 2.45) is 0 Å². The molecule has 0 aliphatic carbocycles. The summed E-state index contributed by atoms with van der Waals surface area (Å²) in [5.41, 5.74) is 1.26. The fraction of sp³-hybridized carbons (Fsp3) is 0.625. The first-order chi connectivity index (χ1) is 8.98. The largest absolute Gasteiger partial charge is 0.465 e. The van der Waals surface area contributed by atoms with Crippen molar-refractivity contribution >= 4 is 11.8 Å². The third kappa shape index (κ3) is 3.50. The number of methoxy groups -OCH3 is 1. The van der Waals surface area contributed by atoms with E-state index < -0.39 is 0 Å². The van der Waals surface area contributed by atoms with E-state index in [9.17, 15) is 4.79 Å². The highest BCUT2D eigenvalue weighted by molar-refractivity contribution is 5.90. The van der Waals surface area contributed by atoms with E-state index in [1.807, 2.05) is 13.0 Å². The van der Waals surface area contributed by atoms with E-state index in [4.69, 9.17) is 4.74 Å². The zero-order valence-electron chi connectivity index (χ0n) is 13.9. The smallest absolute Gasteiger partial charge is 0.339 e. The molecule has 0 aliphatic rings. The van der Waals surface area contributed by atoms with Gasteiger partial charge in [0.15, 0.2) is 0 Å². The summed E-state index contributed by atoms with van der Waals surface area (Å²) in [5, 5.41) is 0. The number of hydrogen-bond donors (Lipinski definition) is 0. The minimum absolute atomic E-state index is 0.0650. The lowest BCUT2D eigenvalue weighted by Crippen LogP contribution is -2.53. The molecule has 1 aromatic heterocycles. The van der Waals surface area contributed by atoms with Crippen molar-refractivity contribution in [1.29, 1.82) is 0 Å². The van der Waals surface area contributed by atoms with Crippen LogP contribution in [0.1, 0.15) is 57.5 Å². The van der Waals surface area contributed by atoms with E-state index in [0.29, 0.717) is 5.56 Å². The molecule has 0 spiro atoms. The second-order valence-electron chi connectivity index (χ2n) is 7.03. The van der Waals surface area contributed by atoms with E-state index in [-0.39, 0.29) is 17.0 Å². The molecule has 0 saturated carbocycles. The summed E-state index contributed by atoms with van der Waals surface area (Å²) < 4.78 is 4.76. The second kappa shape index (κ2) is 5.43. The second-order valence-corrected chi connectivity index (χ2v) is 7.03. The average molecular weight is 278 g/mol. The maximum Gasteiger partial charge on any atom is 0.339 e. The number of aromatic nitrogens is 1. The van der Waals surface area contributed by atoms with Crippen LogP contribution in [0.25, 0.3) is 0 Å². The van der Waals surface area contributed by atoms with Crippen LogP contribution in [-0.4, -0.2) is 29.1 Å². The van der Waals surface area contributed by atoms with Crippen molar-refractivity contribution < 1.29 is 9.53 Å². The van der Waals surface area contributed by atoms with Crippen LogP contribution in [0.15, 0.2) is 12.3 Å². The quantitative estimate of drug-likeness (QED) is 0.775. The Hall–Kier alpha value is -1.58. The van der Waals surface area contributed by atoms with Crippen LogP contribution >= 0.6 is 0 Å². The van der Waals surface area contributed by atoms with Gasteiger partial charge in [0.1, 0.15) is 5.82 Å². The lowest BCUT2D eigenvalue weighted by molar-refractivity contribution is 0.0599. The summed E-state index contributed by atoms with van der Waals surface area (Å²) in [7, 11) is 1.38. The zero-order chi connectivity index (χ0) is 15.7. The van der Waals surface area contributed by atoms with Crippen molar-refractivity contribution in [2.75, 3.05) is 12.0 Å². The van der Waals surface area contributed by atoms with Gasteiger partial charge in [-0.05, 0) is 60.1 Å². The first-order valence-corrected chi connectivity index (χ1v) is 6.84. The lowest BCUT2D eigenvalue weighted by atomic mass is 9.95. The van der Waals surface area contributed by atoms with Crippen LogP contribution in [-0.2, 0) is 4.74 Å². The highest BCUT2D eigenvalue weighted by atomic mass is 16.5. The Kier molecular flexibility index (Phi) is 4.47. The number of ether oxygens (including phenoxy) is 1. The predicted molar refractivity (Wildman–Crippen MR) is 82.3 cm³/mol. The maximum atomic E-state index is 11.6. The number of hydrogen-bond acceptors (Lipinski definition) is 4. The maximum absolute atomic E-state index is 11.6. The Morgan fingerprint density at radius 3 is 2.00 bits per heavy atom. The van der Waals surface area contributed by atoms with Gasteiger partial charge in [-0.1, -0.05) is 0 Å². The summed E-state index contributed by atoms with van der Waals surface area (Å²) in [6.45, 7) is 14.8. The fourth-order valence-corrected chi connectivity index (χ4v) is 2.68. The van der Waals surface area contributed by atoms with E-state index in [2.05, 4.69) is 51.4 Å². The Morgan fingerprint density at radius 1 is 1.15 bits per heavy atom. The van der Waals surface area contributed by atoms with Gasteiger partial charge in [-0.25, -0.2) is 9.78 Å². The molecule has 20 heavy (non-hydrogen) atoms. The molecule has 112 valence electrons. The highest BCUT2D eigenvalue weighted by Crippen LogP contribution is 2.31. The molecule has 4 nitrogen and oxygen atoms in total. The van der Waals surface area contributed by atoms with Gasteiger partial charge in [0.2, 0.25) is 0 Å². The number of esters is 1. The third-order valence-electron chi connectivity index (χ3n) is 3.07. The standard InChI is InChI=1S/C16H26N2O2/c1-11-9-13(17-10-12(11)14(19)20-8)18(15(2,3)4)16(5,6)7/h9-10H,1-8H3. The van der Waals surface area contributed by atoms with E-state index >= 15 is 0 Å². The molecular weight excluding hydrogens is 252 g/mol. The van der Waals surface area contributed by atoms with Crippen LogP contribution in [0.5, 0.6) is 0 Å². The summed E-state index contributed by atoms with van der Waals surface area (Å²) in [6, 6.07) is 1.95. The Balaban J connectivity index is 3.32. The molecule has 4 heteroatoms. The monoisotopic (exact) mass is 278 g/mol. The molecule has 0 saturated heterocycles. The summed E-state index contributed by atoms with van der Waals surface area (Å²) in [5.74, 6) is 0.523. The number of anilines is 1. The van der Waals surface area contributed by atoms with E-state index in [0.717, 1.165) is 11.4 Å². The molecular formula is C16H26N2O2. The molecule has 1 heterocycles. The number of carbonyl (C=O) groups excluding carboxylic acids is 1. The van der Waals surface area contributed by atoms with Crippen molar-refractivity contribution in [3.8, 4) is 0 Å². The molecule has 0 radical (unpaired) electrons. The summed E-state index contributed by atoms with van der Waals surface area (Å²) >= 11 is 0. The van der Waals surface area contributed by atoms with Crippen LogP contribution in [0.2, 0.25) is 0 Å². The molecule has 0 atom stereocenters. The van der Waals surface area contributed by atoms with Crippen LogP contribution in [0.3, 0.4) is 0 Å². The van der Waals surface area contributed by atoms with Gasteiger partial charge in [-0.15, -0.1) is 0 Å². The van der Waals surface area contributed by atoms with Gasteiger partial charge < -0.3 is 9.64 Å². The van der Waals surface area contributed by atoms with Gasteiger partial charge in [-0.3, -0.25) is 0 Å². The molecule has 0 aliphatic heterocycles. The number of nitrogens with zero attached hydrogens (tertiary/aromatic N) is 2. The predicted octanol–water partition coefficient (Wildman–Crippen LogP) is 3.58. The molecule has 0 N–H and O–H groups in total. The molecule has 0 unspecified atom stereocenters. The molecule has 0 bridgehead atoms. The van der Waals surface area contributed by atoms with E-state index in [1.165, 1.54) is 7.11 Å². The average Bonchev–Trinajstić information content (AvgIpc) is 2.24. The molecule has 1 aromatic rings. The van der Waals surface area contributed by atoms with Gasteiger partial charge in [0, 0.05) is 17.3 Å². The summed E-state index contributed by atoms with van der Waals surface area (Å²) in [4.78, 5) is 18.4. The SMILES string of the molecule is COC(=O)c1cnc(N(C(C)(C)C)C(C)(C)C)cc1C. The minimum Gasteiger partial charge on any atom is -0.465 e. The van der Waals surface area contributed by atoms with Crippen molar-refractivity contribution in [2.45, 2.75) is 59.5 Å². The summed E-state index contributed by atoms with van der Waals surface area (Å²) in [6.07, 6.45) is 1.60. The van der Waals surface area contributed by atoms with Gasteiger partial charge in [0.25, 0.3) is 0 Å². The van der Waals surface area contributed by atoms with Crippen LogP contribution < -0.4 is 4.90 Å². The van der Waals surface area contributed by atoms with Crippen molar-refractivity contribution in [3.05, 3.63) is 23.4 Å². The first-order valence-electron chi connectivity index (χ1n) is 6.84.